The lowest BCUT2D eigenvalue weighted by atomic mass is 9.78. The molecular weight excluding hydrogens is 232 g/mol. The third-order valence-corrected chi connectivity index (χ3v) is 3.24. The minimum Gasteiger partial charge on any atom is -0.298 e. The van der Waals surface area contributed by atoms with Crippen molar-refractivity contribution in [3.63, 3.8) is 0 Å². The van der Waals surface area contributed by atoms with E-state index >= 15 is 0 Å². The molecule has 0 aromatic heterocycles. The zero-order valence-corrected chi connectivity index (χ0v) is 10.8. The van der Waals surface area contributed by atoms with Crippen LogP contribution in [0.4, 0.5) is 0 Å². The molecule has 1 aromatic carbocycles. The summed E-state index contributed by atoms with van der Waals surface area (Å²) in [4.78, 5) is 11.2. The van der Waals surface area contributed by atoms with Crippen molar-refractivity contribution >= 4 is 23.5 Å². The van der Waals surface area contributed by atoms with Gasteiger partial charge in [-0.25, -0.2) is 0 Å². The van der Waals surface area contributed by atoms with Crippen LogP contribution in [-0.4, -0.2) is 6.29 Å². The largest absolute Gasteiger partial charge is 0.298 e. The normalized spacial score (nSPS) is 18.3. The summed E-state index contributed by atoms with van der Waals surface area (Å²) < 4.78 is 0. The molecule has 0 radical (unpaired) electrons. The highest BCUT2D eigenvalue weighted by atomic mass is 35.5. The maximum absolute atomic E-state index is 11.2. The summed E-state index contributed by atoms with van der Waals surface area (Å²) in [5, 5.41) is 0.710. The SMILES string of the molecule is CC1(C)C=CC(c2ccc(Cl)cc2)=C(C=O)C1. The third-order valence-electron chi connectivity index (χ3n) is 2.99. The van der Waals surface area contributed by atoms with Crippen molar-refractivity contribution in [2.75, 3.05) is 0 Å². The summed E-state index contributed by atoms with van der Waals surface area (Å²) in [6.07, 6.45) is 5.95. The van der Waals surface area contributed by atoms with Gasteiger partial charge in [-0.1, -0.05) is 49.7 Å². The van der Waals surface area contributed by atoms with Crippen LogP contribution in [-0.2, 0) is 4.79 Å². The van der Waals surface area contributed by atoms with E-state index < -0.39 is 0 Å². The number of halogens is 1. The third kappa shape index (κ3) is 2.67. The lowest BCUT2D eigenvalue weighted by Crippen LogP contribution is -2.14. The first-order valence-electron chi connectivity index (χ1n) is 5.65. The number of carbonyl (C=O) groups excluding carboxylic acids is 1. The Bertz CT molecular complexity index is 492. The van der Waals surface area contributed by atoms with Crippen molar-refractivity contribution in [1.82, 2.24) is 0 Å². The molecule has 0 unspecified atom stereocenters. The van der Waals surface area contributed by atoms with Crippen molar-refractivity contribution in [2.45, 2.75) is 20.3 Å². The molecule has 0 atom stereocenters. The van der Waals surface area contributed by atoms with Gasteiger partial charge in [-0.3, -0.25) is 4.79 Å². The zero-order chi connectivity index (χ0) is 12.5. The number of hydrogen-bond acceptors (Lipinski definition) is 1. The molecule has 0 amide bonds. The van der Waals surface area contributed by atoms with Gasteiger partial charge < -0.3 is 0 Å². The van der Waals surface area contributed by atoms with Gasteiger partial charge in [0.15, 0.2) is 0 Å². The standard InChI is InChI=1S/C15H15ClO/c1-15(2)8-7-14(12(9-15)10-17)11-3-5-13(16)6-4-11/h3-8,10H,9H2,1-2H3. The summed E-state index contributed by atoms with van der Waals surface area (Å²) in [7, 11) is 0. The molecule has 1 nitrogen and oxygen atoms in total. The van der Waals surface area contributed by atoms with Crippen LogP contribution >= 0.6 is 11.6 Å². The molecule has 0 spiro atoms. The van der Waals surface area contributed by atoms with Crippen molar-refractivity contribution in [1.29, 1.82) is 0 Å². The molecule has 1 aliphatic carbocycles. The van der Waals surface area contributed by atoms with Gasteiger partial charge in [-0.05, 0) is 35.1 Å². The van der Waals surface area contributed by atoms with Gasteiger partial charge in [0, 0.05) is 10.6 Å². The number of hydrogen-bond donors (Lipinski definition) is 0. The van der Waals surface area contributed by atoms with Gasteiger partial charge >= 0.3 is 0 Å². The Balaban J connectivity index is 2.44. The minimum atomic E-state index is 0.0617. The van der Waals surface area contributed by atoms with E-state index in [0.29, 0.717) is 5.02 Å². The second-order valence-electron chi connectivity index (χ2n) is 5.06. The van der Waals surface area contributed by atoms with Crippen LogP contribution in [0.1, 0.15) is 25.8 Å². The number of carbonyl (C=O) groups is 1. The van der Waals surface area contributed by atoms with Crippen LogP contribution in [0.2, 0.25) is 5.02 Å². The van der Waals surface area contributed by atoms with E-state index in [1.807, 2.05) is 30.3 Å². The molecule has 88 valence electrons. The number of aldehydes is 1. The summed E-state index contributed by atoms with van der Waals surface area (Å²) in [6, 6.07) is 7.59. The molecule has 2 heteroatoms. The molecule has 1 aromatic rings. The Morgan fingerprint density at radius 3 is 2.47 bits per heavy atom. The quantitative estimate of drug-likeness (QED) is 0.712. The highest BCUT2D eigenvalue weighted by molar-refractivity contribution is 6.30. The fourth-order valence-electron chi connectivity index (χ4n) is 2.08. The molecule has 0 aliphatic heterocycles. The first kappa shape index (κ1) is 12.1. The van der Waals surface area contributed by atoms with E-state index in [1.165, 1.54) is 0 Å². The highest BCUT2D eigenvalue weighted by Crippen LogP contribution is 2.36. The van der Waals surface area contributed by atoms with E-state index in [1.54, 1.807) is 0 Å². The average Bonchev–Trinajstić information content (AvgIpc) is 2.29. The van der Waals surface area contributed by atoms with Gasteiger partial charge in [0.05, 0.1) is 0 Å². The van der Waals surface area contributed by atoms with Crippen LogP contribution in [0.3, 0.4) is 0 Å². The van der Waals surface area contributed by atoms with E-state index in [4.69, 9.17) is 11.6 Å². The summed E-state index contributed by atoms with van der Waals surface area (Å²) in [5.74, 6) is 0. The summed E-state index contributed by atoms with van der Waals surface area (Å²) >= 11 is 5.86. The topological polar surface area (TPSA) is 17.1 Å². The predicted octanol–water partition coefficient (Wildman–Crippen LogP) is 4.28. The van der Waals surface area contributed by atoms with Crippen LogP contribution in [0.15, 0.2) is 42.0 Å². The second-order valence-corrected chi connectivity index (χ2v) is 5.50. The maximum Gasteiger partial charge on any atom is 0.146 e. The lowest BCUT2D eigenvalue weighted by Gasteiger charge is -2.26. The first-order valence-corrected chi connectivity index (χ1v) is 6.03. The smallest absolute Gasteiger partial charge is 0.146 e. The molecule has 0 bridgehead atoms. The van der Waals surface area contributed by atoms with E-state index in [0.717, 1.165) is 29.4 Å². The van der Waals surface area contributed by atoms with Crippen LogP contribution in [0.25, 0.3) is 5.57 Å². The Morgan fingerprint density at radius 2 is 1.88 bits per heavy atom. The van der Waals surface area contributed by atoms with E-state index in [-0.39, 0.29) is 5.41 Å². The van der Waals surface area contributed by atoms with Crippen LogP contribution in [0.5, 0.6) is 0 Å². The predicted molar refractivity (Wildman–Crippen MR) is 72.0 cm³/mol. The number of rotatable bonds is 2. The molecule has 0 N–H and O–H groups in total. The molecule has 0 heterocycles. The fraction of sp³-hybridized carbons (Fsp3) is 0.267. The number of allylic oxidation sites excluding steroid dienone is 4. The lowest BCUT2D eigenvalue weighted by molar-refractivity contribution is -0.105. The fourth-order valence-corrected chi connectivity index (χ4v) is 2.20. The van der Waals surface area contributed by atoms with Gasteiger partial charge in [-0.15, -0.1) is 0 Å². The monoisotopic (exact) mass is 246 g/mol. The van der Waals surface area contributed by atoms with Crippen molar-refractivity contribution in [3.8, 4) is 0 Å². The van der Waals surface area contributed by atoms with Crippen LogP contribution in [0, 0.1) is 5.41 Å². The van der Waals surface area contributed by atoms with Gasteiger partial charge in [-0.2, -0.15) is 0 Å². The van der Waals surface area contributed by atoms with Crippen molar-refractivity contribution in [3.05, 3.63) is 52.6 Å². The Hall–Kier alpha value is -1.34. The minimum absolute atomic E-state index is 0.0617. The van der Waals surface area contributed by atoms with E-state index in [9.17, 15) is 4.79 Å². The Labute approximate surface area is 107 Å². The van der Waals surface area contributed by atoms with Gasteiger partial charge in [0.25, 0.3) is 0 Å². The second kappa shape index (κ2) is 4.50. The molecule has 0 saturated heterocycles. The molecule has 17 heavy (non-hydrogen) atoms. The summed E-state index contributed by atoms with van der Waals surface area (Å²) in [5.41, 5.74) is 2.98. The number of benzene rings is 1. The van der Waals surface area contributed by atoms with Crippen molar-refractivity contribution in [2.24, 2.45) is 5.41 Å². The summed E-state index contributed by atoms with van der Waals surface area (Å²) in [6.45, 7) is 4.26. The van der Waals surface area contributed by atoms with Crippen molar-refractivity contribution < 1.29 is 4.79 Å². The first-order chi connectivity index (χ1) is 8.02. The average molecular weight is 247 g/mol. The Kier molecular flexibility index (Phi) is 3.21. The van der Waals surface area contributed by atoms with E-state index in [2.05, 4.69) is 19.9 Å². The molecule has 0 fully saturated rings. The molecule has 1 aliphatic rings. The molecule has 0 saturated carbocycles. The highest BCUT2D eigenvalue weighted by Gasteiger charge is 2.22. The van der Waals surface area contributed by atoms with Crippen LogP contribution < -0.4 is 0 Å². The maximum atomic E-state index is 11.2. The van der Waals surface area contributed by atoms with Gasteiger partial charge in [0.2, 0.25) is 0 Å². The molecular formula is C15H15ClO. The Morgan fingerprint density at radius 1 is 1.24 bits per heavy atom. The zero-order valence-electron chi connectivity index (χ0n) is 10.0. The molecule has 2 rings (SSSR count). The van der Waals surface area contributed by atoms with Gasteiger partial charge in [0.1, 0.15) is 6.29 Å².